The van der Waals surface area contributed by atoms with Gasteiger partial charge in [0.2, 0.25) is 5.89 Å². The standard InChI is InChI=1S/C8H15N3OS/c1-6(2)13-8-11-10-7(12-8)4-3-5-9/h6H,3-5,9H2,1-2H3/p+1. The van der Waals surface area contributed by atoms with E-state index in [0.717, 1.165) is 25.3 Å². The van der Waals surface area contributed by atoms with Gasteiger partial charge in [-0.05, 0) is 0 Å². The molecule has 5 heteroatoms. The molecule has 0 fully saturated rings. The molecule has 13 heavy (non-hydrogen) atoms. The lowest BCUT2D eigenvalue weighted by Gasteiger charge is -1.96. The highest BCUT2D eigenvalue weighted by Crippen LogP contribution is 2.21. The summed E-state index contributed by atoms with van der Waals surface area (Å²) < 4.78 is 5.41. The van der Waals surface area contributed by atoms with E-state index >= 15 is 0 Å². The van der Waals surface area contributed by atoms with Gasteiger partial charge in [-0.15, -0.1) is 10.2 Å². The van der Waals surface area contributed by atoms with E-state index in [0.29, 0.717) is 10.5 Å². The number of nitrogens with zero attached hydrogens (tertiary/aromatic N) is 2. The van der Waals surface area contributed by atoms with Gasteiger partial charge in [0.1, 0.15) is 0 Å². The molecular weight excluding hydrogens is 186 g/mol. The zero-order valence-corrected chi connectivity index (χ0v) is 8.93. The first-order valence-electron chi connectivity index (χ1n) is 4.50. The Morgan fingerprint density at radius 2 is 2.23 bits per heavy atom. The van der Waals surface area contributed by atoms with Crippen molar-refractivity contribution in [2.24, 2.45) is 0 Å². The summed E-state index contributed by atoms with van der Waals surface area (Å²) in [5, 5.41) is 9.04. The van der Waals surface area contributed by atoms with Crippen LogP contribution in [0.4, 0.5) is 0 Å². The van der Waals surface area contributed by atoms with Crippen LogP contribution in [0.25, 0.3) is 0 Å². The summed E-state index contributed by atoms with van der Waals surface area (Å²) in [4.78, 5) is 0. The van der Waals surface area contributed by atoms with Gasteiger partial charge in [-0.2, -0.15) is 0 Å². The monoisotopic (exact) mass is 202 g/mol. The molecule has 0 saturated carbocycles. The van der Waals surface area contributed by atoms with Crippen LogP contribution in [0.2, 0.25) is 0 Å². The lowest BCUT2D eigenvalue weighted by molar-refractivity contribution is -0.368. The van der Waals surface area contributed by atoms with E-state index in [-0.39, 0.29) is 0 Å². The van der Waals surface area contributed by atoms with E-state index in [4.69, 9.17) is 4.42 Å². The van der Waals surface area contributed by atoms with Crippen LogP contribution >= 0.6 is 11.8 Å². The van der Waals surface area contributed by atoms with Crippen molar-refractivity contribution >= 4 is 11.8 Å². The molecule has 0 aliphatic rings. The molecule has 74 valence electrons. The van der Waals surface area contributed by atoms with Crippen molar-refractivity contribution in [1.82, 2.24) is 10.2 Å². The molecule has 0 saturated heterocycles. The van der Waals surface area contributed by atoms with Gasteiger partial charge in [-0.25, -0.2) is 0 Å². The Morgan fingerprint density at radius 3 is 2.85 bits per heavy atom. The molecule has 0 radical (unpaired) electrons. The molecule has 0 aliphatic carbocycles. The average molecular weight is 202 g/mol. The Balaban J connectivity index is 2.44. The van der Waals surface area contributed by atoms with Crippen molar-refractivity contribution in [2.45, 2.75) is 37.2 Å². The lowest BCUT2D eigenvalue weighted by atomic mass is 10.3. The molecule has 0 aliphatic heterocycles. The molecule has 1 heterocycles. The lowest BCUT2D eigenvalue weighted by Crippen LogP contribution is -2.50. The summed E-state index contributed by atoms with van der Waals surface area (Å²) in [6.07, 6.45) is 1.85. The summed E-state index contributed by atoms with van der Waals surface area (Å²) in [7, 11) is 0. The zero-order valence-electron chi connectivity index (χ0n) is 8.12. The molecule has 1 aromatic heterocycles. The van der Waals surface area contributed by atoms with Gasteiger partial charge in [0, 0.05) is 18.1 Å². The highest BCUT2D eigenvalue weighted by atomic mass is 32.2. The van der Waals surface area contributed by atoms with Crippen molar-refractivity contribution in [1.29, 1.82) is 0 Å². The molecule has 4 nitrogen and oxygen atoms in total. The molecule has 0 amide bonds. The van der Waals surface area contributed by atoms with E-state index in [2.05, 4.69) is 29.8 Å². The minimum Gasteiger partial charge on any atom is -0.416 e. The fourth-order valence-electron chi connectivity index (χ4n) is 0.865. The third-order valence-electron chi connectivity index (χ3n) is 1.43. The van der Waals surface area contributed by atoms with Gasteiger partial charge in [-0.1, -0.05) is 25.6 Å². The Hall–Kier alpha value is -0.550. The van der Waals surface area contributed by atoms with Crippen molar-refractivity contribution < 1.29 is 10.2 Å². The number of aromatic nitrogens is 2. The van der Waals surface area contributed by atoms with Crippen LogP contribution in [0, 0.1) is 0 Å². The molecule has 0 spiro atoms. The van der Waals surface area contributed by atoms with E-state index in [1.165, 1.54) is 0 Å². The van der Waals surface area contributed by atoms with E-state index in [9.17, 15) is 0 Å². The Bertz CT molecular complexity index is 249. The van der Waals surface area contributed by atoms with Gasteiger partial charge in [0.25, 0.3) is 5.22 Å². The van der Waals surface area contributed by atoms with Crippen molar-refractivity contribution in [3.63, 3.8) is 0 Å². The summed E-state index contributed by atoms with van der Waals surface area (Å²) in [5.74, 6) is 0.729. The van der Waals surface area contributed by atoms with Gasteiger partial charge < -0.3 is 10.2 Å². The van der Waals surface area contributed by atoms with Crippen LogP contribution < -0.4 is 5.73 Å². The molecule has 0 bridgehead atoms. The SMILES string of the molecule is CC(C)Sc1nnc(CCC[NH3+])o1. The average Bonchev–Trinajstić information content (AvgIpc) is 2.48. The molecule has 0 unspecified atom stereocenters. The minimum atomic E-state index is 0.487. The van der Waals surface area contributed by atoms with E-state index in [1.54, 1.807) is 11.8 Å². The van der Waals surface area contributed by atoms with Gasteiger partial charge in [0.15, 0.2) is 0 Å². The summed E-state index contributed by atoms with van der Waals surface area (Å²) in [6, 6.07) is 0. The smallest absolute Gasteiger partial charge is 0.276 e. The minimum absolute atomic E-state index is 0.487. The second-order valence-corrected chi connectivity index (χ2v) is 4.61. The number of hydrogen-bond donors (Lipinski definition) is 1. The maximum absolute atomic E-state index is 5.41. The highest BCUT2D eigenvalue weighted by Gasteiger charge is 2.07. The van der Waals surface area contributed by atoms with Crippen molar-refractivity contribution in [3.05, 3.63) is 5.89 Å². The summed E-state index contributed by atoms with van der Waals surface area (Å²) in [5.41, 5.74) is 3.76. The Morgan fingerprint density at radius 1 is 1.46 bits per heavy atom. The number of quaternary nitrogens is 1. The maximum Gasteiger partial charge on any atom is 0.276 e. The summed E-state index contributed by atoms with van der Waals surface area (Å²) >= 11 is 1.60. The molecule has 3 N–H and O–H groups in total. The molecule has 1 aromatic rings. The van der Waals surface area contributed by atoms with Crippen molar-refractivity contribution in [3.8, 4) is 0 Å². The fourth-order valence-corrected chi connectivity index (χ4v) is 1.50. The van der Waals surface area contributed by atoms with Crippen LogP contribution in [0.3, 0.4) is 0 Å². The first-order valence-corrected chi connectivity index (χ1v) is 5.38. The van der Waals surface area contributed by atoms with Crippen LogP contribution in [0.15, 0.2) is 9.64 Å². The highest BCUT2D eigenvalue weighted by molar-refractivity contribution is 7.99. The number of aryl methyl sites for hydroxylation is 1. The topological polar surface area (TPSA) is 66.6 Å². The number of rotatable bonds is 5. The second kappa shape index (κ2) is 5.24. The van der Waals surface area contributed by atoms with Gasteiger partial charge in [-0.3, -0.25) is 0 Å². The Labute approximate surface area is 82.3 Å². The molecule has 0 aromatic carbocycles. The predicted molar refractivity (Wildman–Crippen MR) is 51.4 cm³/mol. The zero-order chi connectivity index (χ0) is 9.68. The van der Waals surface area contributed by atoms with Gasteiger partial charge in [0.05, 0.1) is 6.54 Å². The van der Waals surface area contributed by atoms with Crippen LogP contribution in [-0.2, 0) is 6.42 Å². The number of hydrogen-bond acceptors (Lipinski definition) is 4. The van der Waals surface area contributed by atoms with Crippen LogP contribution in [-0.4, -0.2) is 22.0 Å². The predicted octanol–water partition coefficient (Wildman–Crippen LogP) is 0.745. The fraction of sp³-hybridized carbons (Fsp3) is 0.750. The molecule has 0 atom stereocenters. The number of thioether (sulfide) groups is 1. The largest absolute Gasteiger partial charge is 0.416 e. The first kappa shape index (κ1) is 10.5. The quantitative estimate of drug-likeness (QED) is 0.715. The van der Waals surface area contributed by atoms with Gasteiger partial charge >= 0.3 is 0 Å². The second-order valence-electron chi connectivity index (χ2n) is 3.09. The third-order valence-corrected chi connectivity index (χ3v) is 2.26. The maximum atomic E-state index is 5.41. The van der Waals surface area contributed by atoms with Crippen LogP contribution in [0.1, 0.15) is 26.2 Å². The Kier molecular flexibility index (Phi) is 4.24. The van der Waals surface area contributed by atoms with E-state index < -0.39 is 0 Å². The van der Waals surface area contributed by atoms with E-state index in [1.807, 2.05) is 0 Å². The van der Waals surface area contributed by atoms with Crippen molar-refractivity contribution in [2.75, 3.05) is 6.54 Å². The molecule has 1 rings (SSSR count). The summed E-state index contributed by atoms with van der Waals surface area (Å²) in [6.45, 7) is 5.12. The normalized spacial score (nSPS) is 11.1. The van der Waals surface area contributed by atoms with Crippen LogP contribution in [0.5, 0.6) is 0 Å². The molecular formula is C8H16N3OS+. The first-order chi connectivity index (χ1) is 6.22. The third kappa shape index (κ3) is 3.78.